The molecule has 1 aliphatic carbocycles. The first-order valence-electron chi connectivity index (χ1n) is 4.25. The molecule has 0 aliphatic heterocycles. The monoisotopic (exact) mass is 181 g/mol. The van der Waals surface area contributed by atoms with E-state index in [9.17, 15) is 13.2 Å². The summed E-state index contributed by atoms with van der Waals surface area (Å²) in [5.74, 6) is -1.51. The van der Waals surface area contributed by atoms with Gasteiger partial charge in [-0.25, -0.2) is 0 Å². The van der Waals surface area contributed by atoms with Gasteiger partial charge in [0.25, 0.3) is 0 Å². The van der Waals surface area contributed by atoms with Gasteiger partial charge in [0.15, 0.2) is 0 Å². The van der Waals surface area contributed by atoms with E-state index in [0.717, 1.165) is 0 Å². The van der Waals surface area contributed by atoms with E-state index >= 15 is 0 Å². The van der Waals surface area contributed by atoms with Crippen LogP contribution in [0.15, 0.2) is 0 Å². The van der Waals surface area contributed by atoms with Gasteiger partial charge in [0, 0.05) is 6.04 Å². The molecule has 2 N–H and O–H groups in total. The topological polar surface area (TPSA) is 26.0 Å². The van der Waals surface area contributed by atoms with Crippen LogP contribution in [0.25, 0.3) is 0 Å². The third kappa shape index (κ3) is 1.91. The second-order valence-electron chi connectivity index (χ2n) is 3.60. The Morgan fingerprint density at radius 3 is 2.25 bits per heavy atom. The second kappa shape index (κ2) is 3.24. The lowest BCUT2D eigenvalue weighted by atomic mass is 9.90. The zero-order chi connectivity index (χ0) is 9.35. The number of alkyl halides is 3. The van der Waals surface area contributed by atoms with Gasteiger partial charge in [-0.15, -0.1) is 0 Å². The molecule has 3 unspecified atom stereocenters. The van der Waals surface area contributed by atoms with Gasteiger partial charge < -0.3 is 5.73 Å². The lowest BCUT2D eigenvalue weighted by Crippen LogP contribution is -2.36. The summed E-state index contributed by atoms with van der Waals surface area (Å²) >= 11 is 0. The van der Waals surface area contributed by atoms with Crippen molar-refractivity contribution < 1.29 is 13.2 Å². The molecule has 4 heteroatoms. The van der Waals surface area contributed by atoms with E-state index in [1.54, 1.807) is 6.92 Å². The average molecular weight is 181 g/mol. The summed E-state index contributed by atoms with van der Waals surface area (Å²) in [6, 6.07) is -0.334. The maximum atomic E-state index is 12.3. The van der Waals surface area contributed by atoms with Crippen LogP contribution in [0.5, 0.6) is 0 Å². The van der Waals surface area contributed by atoms with E-state index in [-0.39, 0.29) is 18.4 Å². The van der Waals surface area contributed by atoms with Gasteiger partial charge in [0.05, 0.1) is 5.92 Å². The third-order valence-corrected chi connectivity index (χ3v) is 2.67. The molecule has 72 valence electrons. The van der Waals surface area contributed by atoms with E-state index in [1.165, 1.54) is 0 Å². The van der Waals surface area contributed by atoms with Gasteiger partial charge in [-0.1, -0.05) is 6.42 Å². The van der Waals surface area contributed by atoms with E-state index in [1.807, 2.05) is 0 Å². The van der Waals surface area contributed by atoms with Crippen molar-refractivity contribution in [2.75, 3.05) is 0 Å². The van der Waals surface area contributed by atoms with Crippen LogP contribution in [-0.4, -0.2) is 12.2 Å². The third-order valence-electron chi connectivity index (χ3n) is 2.67. The Balaban J connectivity index is 2.64. The number of hydrogen-bond donors (Lipinski definition) is 1. The first-order chi connectivity index (χ1) is 5.43. The van der Waals surface area contributed by atoms with E-state index < -0.39 is 12.1 Å². The van der Waals surface area contributed by atoms with Gasteiger partial charge >= 0.3 is 6.18 Å². The van der Waals surface area contributed by atoms with Crippen LogP contribution in [0.2, 0.25) is 0 Å². The van der Waals surface area contributed by atoms with Crippen molar-refractivity contribution in [1.29, 1.82) is 0 Å². The minimum Gasteiger partial charge on any atom is -0.328 e. The quantitative estimate of drug-likeness (QED) is 0.660. The molecule has 0 spiro atoms. The molecule has 12 heavy (non-hydrogen) atoms. The van der Waals surface area contributed by atoms with Crippen molar-refractivity contribution in [3.05, 3.63) is 0 Å². The van der Waals surface area contributed by atoms with Crippen molar-refractivity contribution in [2.24, 2.45) is 17.6 Å². The highest BCUT2D eigenvalue weighted by Gasteiger charge is 2.47. The van der Waals surface area contributed by atoms with Crippen LogP contribution in [0.3, 0.4) is 0 Å². The Kier molecular flexibility index (Phi) is 2.66. The molecule has 0 saturated heterocycles. The standard InChI is InChI=1S/C8H14F3N/c1-5(12)6-3-2-4-7(6)8(9,10)11/h5-7H,2-4,12H2,1H3. The molecule has 1 rings (SSSR count). The molecule has 1 aliphatic rings. The molecule has 0 bridgehead atoms. The maximum absolute atomic E-state index is 12.3. The van der Waals surface area contributed by atoms with E-state index in [4.69, 9.17) is 5.73 Å². The fraction of sp³-hybridized carbons (Fsp3) is 1.00. The molecular formula is C8H14F3N. The van der Waals surface area contributed by atoms with Crippen molar-refractivity contribution in [1.82, 2.24) is 0 Å². The summed E-state index contributed by atoms with van der Waals surface area (Å²) in [6.07, 6.45) is -2.50. The molecule has 1 fully saturated rings. The van der Waals surface area contributed by atoms with Gasteiger partial charge in [-0.3, -0.25) is 0 Å². The molecule has 0 radical (unpaired) electrons. The predicted molar refractivity (Wildman–Crippen MR) is 40.5 cm³/mol. The molecule has 0 heterocycles. The number of rotatable bonds is 1. The van der Waals surface area contributed by atoms with E-state index in [0.29, 0.717) is 12.8 Å². The molecular weight excluding hydrogens is 167 g/mol. The van der Waals surface area contributed by atoms with Crippen molar-refractivity contribution in [3.63, 3.8) is 0 Å². The number of nitrogens with two attached hydrogens (primary N) is 1. The van der Waals surface area contributed by atoms with Crippen molar-refractivity contribution in [3.8, 4) is 0 Å². The lowest BCUT2D eigenvalue weighted by molar-refractivity contribution is -0.184. The van der Waals surface area contributed by atoms with Crippen LogP contribution in [0, 0.1) is 11.8 Å². The Labute approximate surface area is 70.1 Å². The molecule has 1 saturated carbocycles. The summed E-state index contributed by atoms with van der Waals surface area (Å²) in [4.78, 5) is 0. The van der Waals surface area contributed by atoms with E-state index in [2.05, 4.69) is 0 Å². The fourth-order valence-corrected chi connectivity index (χ4v) is 2.02. The van der Waals surface area contributed by atoms with Crippen LogP contribution >= 0.6 is 0 Å². The minimum absolute atomic E-state index is 0.260. The zero-order valence-electron chi connectivity index (χ0n) is 7.06. The maximum Gasteiger partial charge on any atom is 0.392 e. The van der Waals surface area contributed by atoms with Crippen LogP contribution < -0.4 is 5.73 Å². The van der Waals surface area contributed by atoms with Crippen molar-refractivity contribution in [2.45, 2.75) is 38.4 Å². The summed E-state index contributed by atoms with van der Waals surface area (Å²) < 4.78 is 36.9. The normalized spacial score (nSPS) is 33.8. The summed E-state index contributed by atoms with van der Waals surface area (Å²) in [7, 11) is 0. The molecule has 0 amide bonds. The molecule has 0 aromatic carbocycles. The van der Waals surface area contributed by atoms with Crippen molar-refractivity contribution >= 4 is 0 Å². The highest BCUT2D eigenvalue weighted by molar-refractivity contribution is 4.86. The first-order valence-corrected chi connectivity index (χ1v) is 4.25. The SMILES string of the molecule is CC(N)C1CCCC1C(F)(F)F. The highest BCUT2D eigenvalue weighted by Crippen LogP contribution is 2.43. The average Bonchev–Trinajstić information content (AvgIpc) is 2.30. The Bertz CT molecular complexity index is 153. The Hall–Kier alpha value is -0.250. The lowest BCUT2D eigenvalue weighted by Gasteiger charge is -2.24. The van der Waals surface area contributed by atoms with Gasteiger partial charge in [0.1, 0.15) is 0 Å². The summed E-state index contributed by atoms with van der Waals surface area (Å²) in [5.41, 5.74) is 5.48. The number of hydrogen-bond acceptors (Lipinski definition) is 1. The fourth-order valence-electron chi connectivity index (χ4n) is 2.02. The minimum atomic E-state index is -4.05. The van der Waals surface area contributed by atoms with Crippen LogP contribution in [0.4, 0.5) is 13.2 Å². The number of halogens is 3. The predicted octanol–water partition coefficient (Wildman–Crippen LogP) is 2.31. The second-order valence-corrected chi connectivity index (χ2v) is 3.60. The van der Waals surface area contributed by atoms with Gasteiger partial charge in [0.2, 0.25) is 0 Å². The smallest absolute Gasteiger partial charge is 0.328 e. The largest absolute Gasteiger partial charge is 0.392 e. The summed E-state index contributed by atoms with van der Waals surface area (Å²) in [5, 5.41) is 0. The Morgan fingerprint density at radius 1 is 1.33 bits per heavy atom. The van der Waals surface area contributed by atoms with Gasteiger partial charge in [-0.2, -0.15) is 13.2 Å². The van der Waals surface area contributed by atoms with Gasteiger partial charge in [-0.05, 0) is 25.7 Å². The molecule has 3 atom stereocenters. The molecule has 0 aromatic rings. The Morgan fingerprint density at radius 2 is 1.92 bits per heavy atom. The first kappa shape index (κ1) is 9.84. The molecule has 1 nitrogen and oxygen atoms in total. The molecule has 0 aromatic heterocycles. The zero-order valence-corrected chi connectivity index (χ0v) is 7.06. The van der Waals surface area contributed by atoms with Crippen LogP contribution in [-0.2, 0) is 0 Å². The summed E-state index contributed by atoms with van der Waals surface area (Å²) in [6.45, 7) is 1.66. The van der Waals surface area contributed by atoms with Crippen LogP contribution in [0.1, 0.15) is 26.2 Å². The highest BCUT2D eigenvalue weighted by atomic mass is 19.4.